The van der Waals surface area contributed by atoms with Crippen LogP contribution in [0, 0.1) is 6.92 Å². The standard InChI is InChI=1S/C17H18N4O2S/c1-12-18-6-8-21(12)13-4-2-7-20(10-13)17(22)14-11-24-16(19-14)15-5-3-9-23-15/h3,5-6,8-9,11,13H,2,4,7,10H2,1H3. The summed E-state index contributed by atoms with van der Waals surface area (Å²) in [6, 6.07) is 3.96. The van der Waals surface area contributed by atoms with E-state index in [0.29, 0.717) is 18.0 Å². The zero-order valence-corrected chi connectivity index (χ0v) is 14.2. The van der Waals surface area contributed by atoms with Gasteiger partial charge in [0.25, 0.3) is 5.91 Å². The molecule has 1 unspecified atom stereocenters. The molecule has 1 saturated heterocycles. The van der Waals surface area contributed by atoms with E-state index in [1.165, 1.54) is 11.3 Å². The molecular weight excluding hydrogens is 324 g/mol. The number of imidazole rings is 1. The highest BCUT2D eigenvalue weighted by molar-refractivity contribution is 7.13. The van der Waals surface area contributed by atoms with Crippen molar-refractivity contribution in [3.05, 3.63) is 47.7 Å². The van der Waals surface area contributed by atoms with Crippen molar-refractivity contribution in [3.63, 3.8) is 0 Å². The summed E-state index contributed by atoms with van der Waals surface area (Å²) >= 11 is 1.43. The van der Waals surface area contributed by atoms with Gasteiger partial charge >= 0.3 is 0 Å². The monoisotopic (exact) mass is 342 g/mol. The van der Waals surface area contributed by atoms with Crippen LogP contribution in [0.3, 0.4) is 0 Å². The van der Waals surface area contributed by atoms with Crippen LogP contribution in [-0.2, 0) is 0 Å². The van der Waals surface area contributed by atoms with Crippen molar-refractivity contribution in [2.24, 2.45) is 0 Å². The van der Waals surface area contributed by atoms with Gasteiger partial charge in [-0.1, -0.05) is 0 Å². The van der Waals surface area contributed by atoms with E-state index in [9.17, 15) is 4.79 Å². The van der Waals surface area contributed by atoms with Crippen LogP contribution in [0.25, 0.3) is 10.8 Å². The van der Waals surface area contributed by atoms with Crippen molar-refractivity contribution in [1.82, 2.24) is 19.4 Å². The van der Waals surface area contributed by atoms with Gasteiger partial charge < -0.3 is 13.9 Å². The molecule has 3 aromatic rings. The minimum atomic E-state index is -0.00785. The summed E-state index contributed by atoms with van der Waals surface area (Å²) in [6.07, 6.45) is 7.47. The number of likely N-dealkylation sites (tertiary alicyclic amines) is 1. The summed E-state index contributed by atoms with van der Waals surface area (Å²) in [6.45, 7) is 3.47. The van der Waals surface area contributed by atoms with Gasteiger partial charge in [0, 0.05) is 30.9 Å². The smallest absolute Gasteiger partial charge is 0.273 e. The first kappa shape index (κ1) is 15.1. The molecule has 4 heterocycles. The maximum absolute atomic E-state index is 12.8. The Bertz CT molecular complexity index is 837. The number of hydrogen-bond donors (Lipinski definition) is 0. The molecule has 1 atom stereocenters. The number of hydrogen-bond acceptors (Lipinski definition) is 5. The van der Waals surface area contributed by atoms with Gasteiger partial charge in [-0.25, -0.2) is 9.97 Å². The first-order valence-electron chi connectivity index (χ1n) is 8.00. The van der Waals surface area contributed by atoms with Crippen molar-refractivity contribution >= 4 is 17.2 Å². The lowest BCUT2D eigenvalue weighted by molar-refractivity contribution is 0.0673. The highest BCUT2D eigenvalue weighted by atomic mass is 32.1. The van der Waals surface area contributed by atoms with Crippen LogP contribution < -0.4 is 0 Å². The number of amides is 1. The van der Waals surface area contributed by atoms with Crippen LogP contribution in [-0.4, -0.2) is 38.4 Å². The topological polar surface area (TPSA) is 64.2 Å². The molecule has 124 valence electrons. The molecule has 7 heteroatoms. The van der Waals surface area contributed by atoms with Crippen molar-refractivity contribution < 1.29 is 9.21 Å². The third-order valence-corrected chi connectivity index (χ3v) is 5.25. The molecule has 4 rings (SSSR count). The lowest BCUT2D eigenvalue weighted by Crippen LogP contribution is -2.41. The summed E-state index contributed by atoms with van der Waals surface area (Å²) in [7, 11) is 0. The van der Waals surface area contributed by atoms with E-state index in [-0.39, 0.29) is 11.9 Å². The molecule has 0 saturated carbocycles. The summed E-state index contributed by atoms with van der Waals surface area (Å²) in [5, 5.41) is 2.55. The van der Waals surface area contributed by atoms with Crippen molar-refractivity contribution in [2.45, 2.75) is 25.8 Å². The third-order valence-electron chi connectivity index (χ3n) is 4.39. The summed E-state index contributed by atoms with van der Waals surface area (Å²) in [4.78, 5) is 23.4. The predicted octanol–water partition coefficient (Wildman–Crippen LogP) is 3.39. The number of carbonyl (C=O) groups excluding carboxylic acids is 1. The highest BCUT2D eigenvalue weighted by Crippen LogP contribution is 2.27. The second-order valence-electron chi connectivity index (χ2n) is 5.94. The number of rotatable bonds is 3. The Morgan fingerprint density at radius 1 is 1.46 bits per heavy atom. The molecule has 3 aromatic heterocycles. The molecule has 1 amide bonds. The number of thiazole rings is 1. The van der Waals surface area contributed by atoms with Gasteiger partial charge in [0.1, 0.15) is 11.5 Å². The second kappa shape index (κ2) is 6.24. The average molecular weight is 342 g/mol. The van der Waals surface area contributed by atoms with Crippen LogP contribution in [0.15, 0.2) is 40.6 Å². The molecule has 0 aliphatic carbocycles. The van der Waals surface area contributed by atoms with E-state index in [2.05, 4.69) is 14.5 Å². The average Bonchev–Trinajstić information content (AvgIpc) is 3.35. The van der Waals surface area contributed by atoms with Crippen LogP contribution in [0.5, 0.6) is 0 Å². The quantitative estimate of drug-likeness (QED) is 0.732. The van der Waals surface area contributed by atoms with E-state index in [1.54, 1.807) is 6.26 Å². The van der Waals surface area contributed by atoms with Crippen LogP contribution in [0.4, 0.5) is 0 Å². The number of aryl methyl sites for hydroxylation is 1. The first-order valence-corrected chi connectivity index (χ1v) is 8.88. The van der Waals surface area contributed by atoms with Gasteiger partial charge in [-0.3, -0.25) is 4.79 Å². The molecule has 1 fully saturated rings. The van der Waals surface area contributed by atoms with Gasteiger partial charge in [0.15, 0.2) is 10.8 Å². The predicted molar refractivity (Wildman–Crippen MR) is 91.0 cm³/mol. The molecule has 0 radical (unpaired) electrons. The summed E-state index contributed by atoms with van der Waals surface area (Å²) < 4.78 is 7.51. The molecule has 1 aliphatic rings. The van der Waals surface area contributed by atoms with Crippen molar-refractivity contribution in [1.29, 1.82) is 0 Å². The Morgan fingerprint density at radius 2 is 2.38 bits per heavy atom. The third kappa shape index (κ3) is 2.75. The van der Waals surface area contributed by atoms with E-state index < -0.39 is 0 Å². The van der Waals surface area contributed by atoms with Gasteiger partial charge in [-0.15, -0.1) is 11.3 Å². The number of piperidine rings is 1. The fourth-order valence-electron chi connectivity index (χ4n) is 3.19. The minimum Gasteiger partial charge on any atom is -0.462 e. The second-order valence-corrected chi connectivity index (χ2v) is 6.80. The number of nitrogens with zero attached hydrogens (tertiary/aromatic N) is 4. The Morgan fingerprint density at radius 3 is 3.12 bits per heavy atom. The first-order chi connectivity index (χ1) is 11.7. The van der Waals surface area contributed by atoms with Crippen LogP contribution >= 0.6 is 11.3 Å². The number of furan rings is 1. The van der Waals surface area contributed by atoms with Crippen LogP contribution in [0.2, 0.25) is 0 Å². The Labute approximate surface area is 143 Å². The lowest BCUT2D eigenvalue weighted by atomic mass is 10.1. The van der Waals surface area contributed by atoms with Gasteiger partial charge in [-0.2, -0.15) is 0 Å². The zero-order valence-electron chi connectivity index (χ0n) is 13.4. The van der Waals surface area contributed by atoms with Crippen LogP contribution in [0.1, 0.15) is 35.2 Å². The van der Waals surface area contributed by atoms with Gasteiger partial charge in [-0.05, 0) is 31.9 Å². The van der Waals surface area contributed by atoms with E-state index in [0.717, 1.165) is 30.2 Å². The molecule has 0 bridgehead atoms. The largest absolute Gasteiger partial charge is 0.462 e. The molecule has 24 heavy (non-hydrogen) atoms. The lowest BCUT2D eigenvalue weighted by Gasteiger charge is -2.33. The van der Waals surface area contributed by atoms with Crippen molar-refractivity contribution in [3.8, 4) is 10.8 Å². The maximum Gasteiger partial charge on any atom is 0.273 e. The normalized spacial score (nSPS) is 18.0. The summed E-state index contributed by atoms with van der Waals surface area (Å²) in [5.41, 5.74) is 0.495. The number of carbonyl (C=O) groups is 1. The molecule has 6 nitrogen and oxygen atoms in total. The SMILES string of the molecule is Cc1nccn1C1CCCN(C(=O)c2csc(-c3ccco3)n2)C1. The maximum atomic E-state index is 12.8. The molecular formula is C17H18N4O2S. The highest BCUT2D eigenvalue weighted by Gasteiger charge is 2.27. The van der Waals surface area contributed by atoms with Gasteiger partial charge in [0.05, 0.1) is 12.3 Å². The fraction of sp³-hybridized carbons (Fsp3) is 0.353. The molecule has 0 N–H and O–H groups in total. The molecule has 0 spiro atoms. The fourth-order valence-corrected chi connectivity index (χ4v) is 3.95. The van der Waals surface area contributed by atoms with E-state index in [4.69, 9.17) is 4.42 Å². The molecule has 1 aliphatic heterocycles. The Balaban J connectivity index is 1.51. The zero-order chi connectivity index (χ0) is 16.5. The van der Waals surface area contributed by atoms with E-state index >= 15 is 0 Å². The Hall–Kier alpha value is -2.41. The van der Waals surface area contributed by atoms with Gasteiger partial charge in [0.2, 0.25) is 0 Å². The minimum absolute atomic E-state index is 0.00785. The summed E-state index contributed by atoms with van der Waals surface area (Å²) in [5.74, 6) is 1.68. The number of aromatic nitrogens is 3. The van der Waals surface area contributed by atoms with Crippen molar-refractivity contribution in [2.75, 3.05) is 13.1 Å². The molecule has 0 aromatic carbocycles. The van der Waals surface area contributed by atoms with E-state index in [1.807, 2.05) is 41.7 Å². The Kier molecular flexibility index (Phi) is 3.93.